The molecule has 0 spiro atoms. The van der Waals surface area contributed by atoms with Crippen LogP contribution in [-0.2, 0) is 10.0 Å². The third-order valence-electron chi connectivity index (χ3n) is 4.33. The largest absolute Gasteiger partial charge is 0.409 e. The maximum Gasteiger partial charge on any atom is 0.214 e. The van der Waals surface area contributed by atoms with Crippen LogP contribution in [0.4, 0.5) is 15.9 Å². The highest BCUT2D eigenvalue weighted by Crippen LogP contribution is 2.21. The molecule has 3 N–H and O–H groups in total. The van der Waals surface area contributed by atoms with E-state index in [1.54, 1.807) is 0 Å². The Balaban J connectivity index is 1.53. The van der Waals surface area contributed by atoms with E-state index in [1.165, 1.54) is 22.5 Å². The molecule has 1 aromatic heterocycles. The van der Waals surface area contributed by atoms with Gasteiger partial charge in [-0.3, -0.25) is 0 Å². The number of nitrogens with one attached hydrogen (secondary N) is 2. The summed E-state index contributed by atoms with van der Waals surface area (Å²) in [7, 11) is -3.16. The summed E-state index contributed by atoms with van der Waals surface area (Å²) < 4.78 is 43.8. The van der Waals surface area contributed by atoms with Gasteiger partial charge in [0.2, 0.25) is 21.7 Å². The summed E-state index contributed by atoms with van der Waals surface area (Å²) >= 11 is 3.08. The lowest BCUT2D eigenvalue weighted by Gasteiger charge is -2.29. The predicted molar refractivity (Wildman–Crippen MR) is 108 cm³/mol. The van der Waals surface area contributed by atoms with Gasteiger partial charge < -0.3 is 15.8 Å². The van der Waals surface area contributed by atoms with Crippen LogP contribution >= 0.6 is 15.9 Å². The monoisotopic (exact) mass is 490 g/mol. The van der Waals surface area contributed by atoms with Gasteiger partial charge in [0.25, 0.3) is 0 Å². The minimum atomic E-state index is -3.16. The van der Waals surface area contributed by atoms with Gasteiger partial charge >= 0.3 is 0 Å². The molecule has 1 aliphatic heterocycles. The zero-order chi connectivity index (χ0) is 20.9. The number of benzene rings is 1. The number of hydrogen-bond donors (Lipinski definition) is 3. The van der Waals surface area contributed by atoms with Crippen molar-refractivity contribution in [3.05, 3.63) is 34.2 Å². The number of nitrogens with zero attached hydrogens (tertiary/aromatic N) is 4. The van der Waals surface area contributed by atoms with Gasteiger partial charge in [0, 0.05) is 25.3 Å². The van der Waals surface area contributed by atoms with E-state index in [1.807, 2.05) is 0 Å². The second-order valence-corrected chi connectivity index (χ2v) is 9.31. The summed E-state index contributed by atoms with van der Waals surface area (Å²) in [6, 6.07) is 4.18. The zero-order valence-corrected chi connectivity index (χ0v) is 17.7. The molecule has 0 unspecified atom stereocenters. The number of rotatable bonds is 9. The molecule has 158 valence electrons. The van der Waals surface area contributed by atoms with E-state index in [4.69, 9.17) is 4.63 Å². The van der Waals surface area contributed by atoms with Crippen molar-refractivity contribution in [3.8, 4) is 0 Å². The van der Waals surface area contributed by atoms with E-state index < -0.39 is 15.8 Å². The molecule has 0 amide bonds. The summed E-state index contributed by atoms with van der Waals surface area (Å²) in [5.74, 6) is -0.146. The third-order valence-corrected chi connectivity index (χ3v) is 6.89. The lowest BCUT2D eigenvalue weighted by atomic mass is 10.3. The molecule has 13 heteroatoms. The van der Waals surface area contributed by atoms with Crippen LogP contribution < -0.4 is 10.6 Å². The van der Waals surface area contributed by atoms with Gasteiger partial charge in [-0.05, 0) is 63.7 Å². The Hall–Kier alpha value is -2.25. The van der Waals surface area contributed by atoms with Gasteiger partial charge in [-0.25, -0.2) is 21.7 Å². The minimum Gasteiger partial charge on any atom is -0.409 e. The first kappa shape index (κ1) is 21.5. The van der Waals surface area contributed by atoms with Crippen molar-refractivity contribution in [2.24, 2.45) is 5.16 Å². The van der Waals surface area contributed by atoms with Crippen molar-refractivity contribution >= 4 is 43.3 Å². The first-order chi connectivity index (χ1) is 13.9. The molecule has 0 aliphatic carbocycles. The number of unbranched alkanes of at least 4 members (excludes halogenated alkanes) is 1. The standard InChI is InChI=1S/C16H20BrFN6O4S/c17-12-10-11(4-5-13(12)18)20-16(21-25)14-15(23-28-22-14)19-6-1-2-9-29(26,27)24-7-3-8-24/h4-5,10,25H,1-3,6-9H2,(H,19,23)(H,20,21). The number of anilines is 2. The molecule has 1 fully saturated rings. The summed E-state index contributed by atoms with van der Waals surface area (Å²) in [6.07, 6.45) is 2.00. The average molecular weight is 491 g/mol. The van der Waals surface area contributed by atoms with Crippen molar-refractivity contribution in [2.45, 2.75) is 19.3 Å². The van der Waals surface area contributed by atoms with Gasteiger partial charge in [0.05, 0.1) is 10.2 Å². The van der Waals surface area contributed by atoms with Crippen molar-refractivity contribution in [3.63, 3.8) is 0 Å². The second kappa shape index (κ2) is 9.50. The van der Waals surface area contributed by atoms with Crippen LogP contribution in [0.2, 0.25) is 0 Å². The van der Waals surface area contributed by atoms with Gasteiger partial charge in [-0.2, -0.15) is 0 Å². The smallest absolute Gasteiger partial charge is 0.214 e. The van der Waals surface area contributed by atoms with Crippen LogP contribution in [0.15, 0.2) is 32.5 Å². The summed E-state index contributed by atoms with van der Waals surface area (Å²) in [6.45, 7) is 1.64. The van der Waals surface area contributed by atoms with Crippen LogP contribution in [0.5, 0.6) is 0 Å². The topological polar surface area (TPSA) is 133 Å². The highest BCUT2D eigenvalue weighted by molar-refractivity contribution is 9.10. The maximum atomic E-state index is 13.4. The average Bonchev–Trinajstić information content (AvgIpc) is 3.08. The van der Waals surface area contributed by atoms with Crippen LogP contribution in [0.1, 0.15) is 25.0 Å². The Morgan fingerprint density at radius 3 is 2.79 bits per heavy atom. The van der Waals surface area contributed by atoms with Crippen LogP contribution in [0.3, 0.4) is 0 Å². The van der Waals surface area contributed by atoms with Crippen molar-refractivity contribution in [2.75, 3.05) is 36.0 Å². The summed E-state index contributed by atoms with van der Waals surface area (Å²) in [5, 5.41) is 25.7. The van der Waals surface area contributed by atoms with Crippen LogP contribution in [0, 0.1) is 5.82 Å². The lowest BCUT2D eigenvalue weighted by molar-refractivity contribution is 0.305. The van der Waals surface area contributed by atoms with E-state index in [0.29, 0.717) is 38.2 Å². The third kappa shape index (κ3) is 5.42. The minimum absolute atomic E-state index is 0.0485. The molecule has 0 bridgehead atoms. The van der Waals surface area contributed by atoms with E-state index >= 15 is 0 Å². The Morgan fingerprint density at radius 1 is 1.34 bits per heavy atom. The van der Waals surface area contributed by atoms with Gasteiger partial charge in [-0.15, -0.1) is 0 Å². The number of amidine groups is 1. The lowest BCUT2D eigenvalue weighted by Crippen LogP contribution is -2.43. The molecule has 29 heavy (non-hydrogen) atoms. The van der Waals surface area contributed by atoms with Crippen molar-refractivity contribution in [1.29, 1.82) is 0 Å². The molecular weight excluding hydrogens is 471 g/mol. The fourth-order valence-electron chi connectivity index (χ4n) is 2.61. The van der Waals surface area contributed by atoms with Gasteiger partial charge in [-0.1, -0.05) is 5.16 Å². The maximum absolute atomic E-state index is 13.4. The molecule has 0 atom stereocenters. The molecular formula is C16H20BrFN6O4S. The zero-order valence-electron chi connectivity index (χ0n) is 15.3. The number of oxime groups is 1. The molecule has 2 aromatic rings. The highest BCUT2D eigenvalue weighted by atomic mass is 79.9. The fraction of sp³-hybridized carbons (Fsp3) is 0.438. The molecule has 1 saturated heterocycles. The van der Waals surface area contributed by atoms with Gasteiger partial charge in [0.15, 0.2) is 5.69 Å². The van der Waals surface area contributed by atoms with Crippen molar-refractivity contribution in [1.82, 2.24) is 14.6 Å². The first-order valence-electron chi connectivity index (χ1n) is 8.89. The van der Waals surface area contributed by atoms with Crippen molar-refractivity contribution < 1.29 is 22.6 Å². The summed E-state index contributed by atoms with van der Waals surface area (Å²) in [4.78, 5) is 0. The van der Waals surface area contributed by atoms with E-state index in [0.717, 1.165) is 6.42 Å². The van der Waals surface area contributed by atoms with E-state index in [2.05, 4.69) is 42.0 Å². The quantitative estimate of drug-likeness (QED) is 0.160. The number of aromatic nitrogens is 2. The van der Waals surface area contributed by atoms with E-state index in [9.17, 15) is 18.0 Å². The normalized spacial score (nSPS) is 15.2. The molecule has 0 saturated carbocycles. The Morgan fingerprint density at radius 2 is 2.14 bits per heavy atom. The Bertz CT molecular complexity index is 980. The molecule has 1 aliphatic rings. The highest BCUT2D eigenvalue weighted by Gasteiger charge is 2.26. The first-order valence-corrected chi connectivity index (χ1v) is 11.3. The SMILES string of the molecule is O=S(=O)(CCCCNc1nonc1/C(=N/O)Nc1ccc(F)c(Br)c1)N1CCC1. The molecule has 3 rings (SSSR count). The van der Waals surface area contributed by atoms with Crippen LogP contribution in [-0.4, -0.2) is 59.5 Å². The number of sulfonamides is 1. The number of hydrogen-bond acceptors (Lipinski definition) is 8. The Labute approximate surface area is 175 Å². The molecule has 10 nitrogen and oxygen atoms in total. The molecule has 0 radical (unpaired) electrons. The predicted octanol–water partition coefficient (Wildman–Crippen LogP) is 2.45. The fourth-order valence-corrected chi connectivity index (χ4v) is 4.63. The molecule has 1 aromatic carbocycles. The molecule has 2 heterocycles. The van der Waals surface area contributed by atoms with E-state index in [-0.39, 0.29) is 27.6 Å². The summed E-state index contributed by atoms with van der Waals surface area (Å²) in [5.41, 5.74) is 0.581. The van der Waals surface area contributed by atoms with Gasteiger partial charge in [0.1, 0.15) is 5.82 Å². The Kier molecular flexibility index (Phi) is 7.03. The second-order valence-electron chi connectivity index (χ2n) is 6.37. The van der Waals surface area contributed by atoms with Crippen LogP contribution in [0.25, 0.3) is 0 Å². The number of halogens is 2.